The largest absolute Gasteiger partial charge is 0.310 e. The molecule has 0 aromatic rings. The summed E-state index contributed by atoms with van der Waals surface area (Å²) in [4.78, 5) is 0. The topological polar surface area (TPSA) is 12.0 Å². The zero-order chi connectivity index (χ0) is 9.80. The van der Waals surface area contributed by atoms with Gasteiger partial charge in [0.05, 0.1) is 0 Å². The maximum Gasteiger partial charge on any atom is 0.0356 e. The standard InChI is InChI=1S/C13H17N/c1-11-7-3-2-6-10-14-13-9-5-4-8-12(11)13/h3-5,7-9,12-14H,1-2,6,10H2/b7-3-. The lowest BCUT2D eigenvalue weighted by Crippen LogP contribution is -2.35. The van der Waals surface area contributed by atoms with Crippen molar-refractivity contribution >= 4 is 0 Å². The Hall–Kier alpha value is -1.08. The Bertz CT molecular complexity index is 296. The van der Waals surface area contributed by atoms with E-state index >= 15 is 0 Å². The van der Waals surface area contributed by atoms with Gasteiger partial charge in [0.1, 0.15) is 0 Å². The Kier molecular flexibility index (Phi) is 3.00. The molecule has 1 heteroatoms. The van der Waals surface area contributed by atoms with Gasteiger partial charge in [-0.2, -0.15) is 0 Å². The fourth-order valence-corrected chi connectivity index (χ4v) is 1.99. The molecule has 1 aliphatic heterocycles. The first kappa shape index (κ1) is 9.47. The maximum absolute atomic E-state index is 4.13. The van der Waals surface area contributed by atoms with E-state index in [-0.39, 0.29) is 0 Å². The highest BCUT2D eigenvalue weighted by Crippen LogP contribution is 2.22. The summed E-state index contributed by atoms with van der Waals surface area (Å²) >= 11 is 0. The quantitative estimate of drug-likeness (QED) is 0.614. The summed E-state index contributed by atoms with van der Waals surface area (Å²) < 4.78 is 0. The van der Waals surface area contributed by atoms with Crippen LogP contribution in [0, 0.1) is 5.92 Å². The van der Waals surface area contributed by atoms with Gasteiger partial charge < -0.3 is 5.32 Å². The minimum Gasteiger partial charge on any atom is -0.310 e. The fraction of sp³-hybridized carbons (Fsp3) is 0.385. The molecule has 2 aliphatic rings. The lowest BCUT2D eigenvalue weighted by atomic mass is 9.88. The monoisotopic (exact) mass is 187 g/mol. The molecular weight excluding hydrogens is 170 g/mol. The summed E-state index contributed by atoms with van der Waals surface area (Å²) in [7, 11) is 0. The molecule has 1 heterocycles. The Labute approximate surface area is 85.9 Å². The highest BCUT2D eigenvalue weighted by Gasteiger charge is 2.19. The molecule has 1 N–H and O–H groups in total. The van der Waals surface area contributed by atoms with E-state index < -0.39 is 0 Å². The van der Waals surface area contributed by atoms with E-state index in [1.165, 1.54) is 12.0 Å². The lowest BCUT2D eigenvalue weighted by molar-refractivity contribution is 0.515. The van der Waals surface area contributed by atoms with Crippen molar-refractivity contribution in [2.75, 3.05) is 6.54 Å². The third-order valence-electron chi connectivity index (χ3n) is 2.82. The van der Waals surface area contributed by atoms with E-state index in [0.717, 1.165) is 13.0 Å². The van der Waals surface area contributed by atoms with Crippen molar-refractivity contribution in [1.29, 1.82) is 0 Å². The number of fused-ring (bicyclic) bond motifs is 1. The summed E-state index contributed by atoms with van der Waals surface area (Å²) in [6.07, 6.45) is 15.5. The molecule has 2 rings (SSSR count). The van der Waals surface area contributed by atoms with Crippen molar-refractivity contribution in [2.45, 2.75) is 18.9 Å². The average molecular weight is 187 g/mol. The van der Waals surface area contributed by atoms with Gasteiger partial charge in [-0.3, -0.25) is 0 Å². The van der Waals surface area contributed by atoms with Crippen LogP contribution in [0.2, 0.25) is 0 Å². The van der Waals surface area contributed by atoms with Crippen molar-refractivity contribution < 1.29 is 0 Å². The van der Waals surface area contributed by atoms with Gasteiger partial charge in [-0.15, -0.1) is 0 Å². The predicted octanol–water partition coefficient (Wildman–Crippen LogP) is 2.59. The van der Waals surface area contributed by atoms with Crippen LogP contribution in [0.3, 0.4) is 0 Å². The van der Waals surface area contributed by atoms with Crippen LogP contribution in [-0.2, 0) is 0 Å². The molecule has 2 unspecified atom stereocenters. The van der Waals surface area contributed by atoms with E-state index in [4.69, 9.17) is 0 Å². The molecule has 0 spiro atoms. The summed E-state index contributed by atoms with van der Waals surface area (Å²) in [5.74, 6) is 0.439. The van der Waals surface area contributed by atoms with Gasteiger partial charge in [0, 0.05) is 12.0 Å². The van der Waals surface area contributed by atoms with Gasteiger partial charge in [-0.1, -0.05) is 43.0 Å². The van der Waals surface area contributed by atoms with Gasteiger partial charge in [-0.05, 0) is 25.0 Å². The first-order chi connectivity index (χ1) is 6.88. The molecule has 0 radical (unpaired) electrons. The molecule has 0 aromatic heterocycles. The lowest BCUT2D eigenvalue weighted by Gasteiger charge is -2.25. The molecule has 1 aliphatic carbocycles. The highest BCUT2D eigenvalue weighted by molar-refractivity contribution is 5.31. The molecule has 0 saturated carbocycles. The summed E-state index contributed by atoms with van der Waals surface area (Å²) in [5, 5.41) is 3.56. The number of allylic oxidation sites excluding steroid dienone is 4. The number of nitrogens with one attached hydrogen (secondary N) is 1. The minimum absolute atomic E-state index is 0.439. The first-order valence-electron chi connectivity index (χ1n) is 5.31. The first-order valence-corrected chi connectivity index (χ1v) is 5.31. The summed E-state index contributed by atoms with van der Waals surface area (Å²) in [6.45, 7) is 5.22. The van der Waals surface area contributed by atoms with Gasteiger partial charge in [0.2, 0.25) is 0 Å². The molecule has 14 heavy (non-hydrogen) atoms. The van der Waals surface area contributed by atoms with Crippen molar-refractivity contribution in [1.82, 2.24) is 5.32 Å². The van der Waals surface area contributed by atoms with E-state index in [0.29, 0.717) is 12.0 Å². The van der Waals surface area contributed by atoms with Crippen molar-refractivity contribution in [2.24, 2.45) is 5.92 Å². The van der Waals surface area contributed by atoms with Crippen LogP contribution in [0.5, 0.6) is 0 Å². The summed E-state index contributed by atoms with van der Waals surface area (Å²) in [6, 6.07) is 0.440. The van der Waals surface area contributed by atoms with Gasteiger partial charge in [-0.25, -0.2) is 0 Å². The Balaban J connectivity index is 2.18. The SMILES string of the molecule is C=C1/C=C\CCCNC2C=CC=CC12. The van der Waals surface area contributed by atoms with Crippen molar-refractivity contribution in [3.63, 3.8) is 0 Å². The van der Waals surface area contributed by atoms with E-state index in [2.05, 4.69) is 48.4 Å². The van der Waals surface area contributed by atoms with Crippen molar-refractivity contribution in [3.8, 4) is 0 Å². The van der Waals surface area contributed by atoms with Gasteiger partial charge in [0.15, 0.2) is 0 Å². The van der Waals surface area contributed by atoms with Crippen LogP contribution in [0.1, 0.15) is 12.8 Å². The fourth-order valence-electron chi connectivity index (χ4n) is 1.99. The number of hydrogen-bond acceptors (Lipinski definition) is 1. The van der Waals surface area contributed by atoms with Gasteiger partial charge >= 0.3 is 0 Å². The molecule has 0 saturated heterocycles. The molecule has 2 atom stereocenters. The molecular formula is C13H17N. The highest BCUT2D eigenvalue weighted by atomic mass is 14.9. The second-order valence-corrected chi connectivity index (χ2v) is 3.90. The van der Waals surface area contributed by atoms with Crippen molar-refractivity contribution in [3.05, 3.63) is 48.6 Å². The van der Waals surface area contributed by atoms with Crippen LogP contribution in [-0.4, -0.2) is 12.6 Å². The smallest absolute Gasteiger partial charge is 0.0356 e. The molecule has 0 amide bonds. The maximum atomic E-state index is 4.13. The number of rotatable bonds is 0. The third-order valence-corrected chi connectivity index (χ3v) is 2.82. The van der Waals surface area contributed by atoms with E-state index in [9.17, 15) is 0 Å². The van der Waals surface area contributed by atoms with E-state index in [1.807, 2.05) is 0 Å². The normalized spacial score (nSPS) is 34.1. The summed E-state index contributed by atoms with van der Waals surface area (Å²) in [5.41, 5.74) is 1.21. The average Bonchev–Trinajstić information content (AvgIpc) is 2.30. The molecule has 0 bridgehead atoms. The van der Waals surface area contributed by atoms with Crippen LogP contribution in [0.4, 0.5) is 0 Å². The zero-order valence-electron chi connectivity index (χ0n) is 8.45. The van der Waals surface area contributed by atoms with Crippen LogP contribution in [0.25, 0.3) is 0 Å². The second kappa shape index (κ2) is 4.43. The third kappa shape index (κ3) is 2.05. The number of hydrogen-bond donors (Lipinski definition) is 1. The molecule has 0 aromatic carbocycles. The second-order valence-electron chi connectivity index (χ2n) is 3.90. The predicted molar refractivity (Wildman–Crippen MR) is 61.1 cm³/mol. The minimum atomic E-state index is 0.439. The molecule has 74 valence electrons. The van der Waals surface area contributed by atoms with E-state index in [1.54, 1.807) is 0 Å². The molecule has 1 nitrogen and oxygen atoms in total. The Morgan fingerprint density at radius 2 is 2.14 bits per heavy atom. The Morgan fingerprint density at radius 3 is 3.07 bits per heavy atom. The van der Waals surface area contributed by atoms with Crippen LogP contribution < -0.4 is 5.32 Å². The van der Waals surface area contributed by atoms with Crippen LogP contribution in [0.15, 0.2) is 48.6 Å². The Morgan fingerprint density at radius 1 is 1.29 bits per heavy atom. The zero-order valence-corrected chi connectivity index (χ0v) is 8.45. The van der Waals surface area contributed by atoms with Gasteiger partial charge in [0.25, 0.3) is 0 Å². The molecule has 0 fully saturated rings. The van der Waals surface area contributed by atoms with Crippen LogP contribution >= 0.6 is 0 Å².